The number of nitrogens with one attached hydrogen (secondary N) is 3. The quantitative estimate of drug-likeness (QED) is 0.542. The lowest BCUT2D eigenvalue weighted by Crippen LogP contribution is -2.70. The largest absolute Gasteiger partial charge is 0.417 e. The first-order valence-electron chi connectivity index (χ1n) is 11.5. The lowest BCUT2D eigenvalue weighted by Gasteiger charge is -2.43. The van der Waals surface area contributed by atoms with Gasteiger partial charge in [0.25, 0.3) is 5.91 Å². The monoisotopic (exact) mass is 503 g/mol. The van der Waals surface area contributed by atoms with Crippen LogP contribution in [0.1, 0.15) is 44.2 Å². The van der Waals surface area contributed by atoms with Gasteiger partial charge in [-0.15, -0.1) is 0 Å². The van der Waals surface area contributed by atoms with E-state index in [2.05, 4.69) is 16.0 Å². The third kappa shape index (κ3) is 3.12. The van der Waals surface area contributed by atoms with Gasteiger partial charge < -0.3 is 20.7 Å². The highest BCUT2D eigenvalue weighted by molar-refractivity contribution is 6.27. The molecule has 36 heavy (non-hydrogen) atoms. The maximum absolute atomic E-state index is 13.8. The lowest BCUT2D eigenvalue weighted by atomic mass is 9.61. The number of hydrogen-bond acceptors (Lipinski definition) is 6. The molecule has 3 N–H and O–H groups in total. The normalized spacial score (nSPS) is 34.5. The number of nitrogens with zero attached hydrogens (tertiary/aromatic N) is 2. The van der Waals surface area contributed by atoms with E-state index >= 15 is 0 Å². The molecule has 0 spiro atoms. The molecule has 5 rings (SSSR count). The van der Waals surface area contributed by atoms with Crippen molar-refractivity contribution in [3.63, 3.8) is 0 Å². The molecule has 190 valence electrons. The van der Waals surface area contributed by atoms with Crippen molar-refractivity contribution in [3.05, 3.63) is 41.1 Å². The fraction of sp³-hybridized carbons (Fsp3) is 0.500. The zero-order valence-electron chi connectivity index (χ0n) is 19.7. The molecule has 4 fully saturated rings. The summed E-state index contributed by atoms with van der Waals surface area (Å²) in [4.78, 5) is 40.8. The van der Waals surface area contributed by atoms with E-state index < -0.39 is 63.8 Å². The Labute approximate surface area is 204 Å². The van der Waals surface area contributed by atoms with Crippen LogP contribution in [0.4, 0.5) is 23.7 Å². The lowest BCUT2D eigenvalue weighted by molar-refractivity contribution is -0.138. The van der Waals surface area contributed by atoms with Gasteiger partial charge in [-0.25, -0.2) is 9.69 Å². The molecule has 0 radical (unpaired) electrons. The van der Waals surface area contributed by atoms with E-state index in [1.807, 2.05) is 0 Å². The molecule has 1 aliphatic carbocycles. The molecule has 9 nitrogen and oxygen atoms in total. The number of urea groups is 1. The van der Waals surface area contributed by atoms with Gasteiger partial charge in [-0.05, 0) is 51.9 Å². The molecule has 12 heteroatoms. The second-order valence-corrected chi connectivity index (χ2v) is 10.0. The molecule has 4 aliphatic rings. The van der Waals surface area contributed by atoms with Crippen LogP contribution in [-0.2, 0) is 20.5 Å². The van der Waals surface area contributed by atoms with Crippen molar-refractivity contribution in [2.24, 2.45) is 5.92 Å². The summed E-state index contributed by atoms with van der Waals surface area (Å²) >= 11 is 0. The fourth-order valence-electron chi connectivity index (χ4n) is 6.15. The van der Waals surface area contributed by atoms with E-state index in [1.165, 1.54) is 13.1 Å². The molecule has 3 saturated heterocycles. The van der Waals surface area contributed by atoms with E-state index in [1.54, 1.807) is 20.0 Å². The topological polar surface area (TPSA) is 124 Å². The number of imide groups is 1. The second kappa shape index (κ2) is 7.54. The van der Waals surface area contributed by atoms with Crippen molar-refractivity contribution in [2.45, 2.75) is 62.1 Å². The second-order valence-electron chi connectivity index (χ2n) is 10.0. The molecule has 0 aromatic heterocycles. The number of allylic oxidation sites excluding steroid dienone is 1. The third-order valence-corrected chi connectivity index (χ3v) is 7.91. The Morgan fingerprint density at radius 1 is 1.28 bits per heavy atom. The van der Waals surface area contributed by atoms with Gasteiger partial charge in [0.05, 0.1) is 40.4 Å². The number of alkyl halides is 3. The van der Waals surface area contributed by atoms with E-state index in [0.29, 0.717) is 6.07 Å². The van der Waals surface area contributed by atoms with Crippen LogP contribution >= 0.6 is 0 Å². The first-order chi connectivity index (χ1) is 16.8. The van der Waals surface area contributed by atoms with Gasteiger partial charge in [0.1, 0.15) is 11.1 Å². The van der Waals surface area contributed by atoms with E-state index in [-0.39, 0.29) is 12.1 Å². The minimum absolute atomic E-state index is 0.193. The minimum atomic E-state index is -4.86. The number of benzene rings is 1. The van der Waals surface area contributed by atoms with Crippen molar-refractivity contribution < 1.29 is 32.3 Å². The Balaban J connectivity index is 1.53. The number of halogens is 3. The molecule has 4 amide bonds. The summed E-state index contributed by atoms with van der Waals surface area (Å²) in [5.74, 6) is -2.62. The molecule has 2 bridgehead atoms. The van der Waals surface area contributed by atoms with Crippen molar-refractivity contribution >= 4 is 23.5 Å². The van der Waals surface area contributed by atoms with Crippen molar-refractivity contribution in [1.82, 2.24) is 16.0 Å². The molecule has 3 heterocycles. The van der Waals surface area contributed by atoms with Gasteiger partial charge in [-0.2, -0.15) is 18.4 Å². The van der Waals surface area contributed by atoms with Crippen LogP contribution in [0.25, 0.3) is 0 Å². The van der Waals surface area contributed by atoms with Crippen LogP contribution in [0.5, 0.6) is 0 Å². The Hall–Kier alpha value is -3.43. The van der Waals surface area contributed by atoms with Crippen molar-refractivity contribution in [2.75, 3.05) is 11.9 Å². The number of nitriles is 1. The highest BCUT2D eigenvalue weighted by Crippen LogP contribution is 2.63. The third-order valence-electron chi connectivity index (χ3n) is 7.91. The molecule has 1 saturated carbocycles. The molecular formula is C24H24F3N5O4. The Morgan fingerprint density at radius 3 is 2.56 bits per heavy atom. The molecule has 3 aliphatic heterocycles. The maximum Gasteiger partial charge on any atom is 0.417 e. The zero-order valence-corrected chi connectivity index (χ0v) is 19.7. The number of hydrogen-bond donors (Lipinski definition) is 3. The smallest absolute Gasteiger partial charge is 0.363 e. The van der Waals surface area contributed by atoms with Gasteiger partial charge in [-0.1, -0.05) is 5.57 Å². The summed E-state index contributed by atoms with van der Waals surface area (Å²) < 4.78 is 47.1. The molecule has 3 unspecified atom stereocenters. The first kappa shape index (κ1) is 24.3. The Kier molecular flexibility index (Phi) is 5.08. The number of anilines is 1. The summed E-state index contributed by atoms with van der Waals surface area (Å²) in [6.07, 6.45) is -1.19. The molecule has 1 aromatic carbocycles. The van der Waals surface area contributed by atoms with Gasteiger partial charge in [-0.3, -0.25) is 9.59 Å². The number of carbonyl (C=O) groups excluding carboxylic acids is 3. The van der Waals surface area contributed by atoms with Crippen molar-refractivity contribution in [1.29, 1.82) is 5.26 Å². The number of fused-ring (bicyclic) bond motifs is 5. The molecular weight excluding hydrogens is 479 g/mol. The van der Waals surface area contributed by atoms with E-state index in [0.717, 1.165) is 35.4 Å². The van der Waals surface area contributed by atoms with Crippen LogP contribution < -0.4 is 20.9 Å². The first-order valence-corrected chi connectivity index (χ1v) is 11.5. The van der Waals surface area contributed by atoms with Gasteiger partial charge in [0.15, 0.2) is 0 Å². The zero-order chi connectivity index (χ0) is 26.3. The number of likely N-dealkylation sites (N-methyl/N-ethyl adjacent to an activating group) is 1. The van der Waals surface area contributed by atoms with Gasteiger partial charge in [0, 0.05) is 12.6 Å². The summed E-state index contributed by atoms with van der Waals surface area (Å²) in [7, 11) is 1.50. The predicted molar refractivity (Wildman–Crippen MR) is 119 cm³/mol. The summed E-state index contributed by atoms with van der Waals surface area (Å²) in [6.45, 7) is 3.28. The van der Waals surface area contributed by atoms with E-state index in [4.69, 9.17) is 10.00 Å². The SMILES string of the molecule is CN[C@]12C(=O)N(c3ccc(C#N)c(C(F)(F)F)c3)C(=O)C1C1(C)OC2(C)C[C@H]1NC(=O)NC=C1CC1. The van der Waals surface area contributed by atoms with Crippen LogP contribution in [0.2, 0.25) is 0 Å². The molecule has 5 atom stereocenters. The highest BCUT2D eigenvalue weighted by Gasteiger charge is 2.83. The average Bonchev–Trinajstić information content (AvgIpc) is 3.50. The van der Waals surface area contributed by atoms with Crippen LogP contribution in [0.3, 0.4) is 0 Å². The highest BCUT2D eigenvalue weighted by atomic mass is 19.4. The summed E-state index contributed by atoms with van der Waals surface area (Å²) in [5, 5.41) is 17.5. The fourth-order valence-corrected chi connectivity index (χ4v) is 6.15. The van der Waals surface area contributed by atoms with Crippen LogP contribution in [0.15, 0.2) is 30.0 Å². The Bertz CT molecular complexity index is 1270. The number of amides is 4. The van der Waals surface area contributed by atoms with E-state index in [9.17, 15) is 27.6 Å². The minimum Gasteiger partial charge on any atom is -0.363 e. The summed E-state index contributed by atoms with van der Waals surface area (Å²) in [5.41, 5.74) is -5.16. The molecule has 1 aromatic rings. The van der Waals surface area contributed by atoms with Gasteiger partial charge >= 0.3 is 12.2 Å². The standard InChI is InChI=1S/C24H24F3N5O4/c1-21-9-16(31-20(35)30-11-12-4-5-12)22(2,36-21)17-18(33)32(19(34)23(17,21)29-3)14-7-6-13(10-28)15(8-14)24(25,26)27/h6-8,11,16-17,29H,4-5,9H2,1-3H3,(H2,30,31,35)/t16-,17?,21?,22?,23+/m1/s1. The van der Waals surface area contributed by atoms with Crippen molar-refractivity contribution in [3.8, 4) is 6.07 Å². The van der Waals surface area contributed by atoms with Crippen LogP contribution in [-0.4, -0.2) is 47.7 Å². The summed E-state index contributed by atoms with van der Waals surface area (Å²) in [6, 6.07) is 3.10. The van der Waals surface area contributed by atoms with Gasteiger partial charge in [0.2, 0.25) is 5.91 Å². The average molecular weight is 503 g/mol. The van der Waals surface area contributed by atoms with Crippen LogP contribution in [0, 0.1) is 17.2 Å². The Morgan fingerprint density at radius 2 is 1.97 bits per heavy atom. The number of rotatable bonds is 4. The number of carbonyl (C=O) groups is 3. The maximum atomic E-state index is 13.8. The number of ether oxygens (including phenoxy) is 1. The predicted octanol–water partition coefficient (Wildman–Crippen LogP) is 2.32.